The third-order valence-electron chi connectivity index (χ3n) is 3.69. The number of hydrogen-bond donors (Lipinski definition) is 1. The van der Waals surface area contributed by atoms with Crippen LogP contribution in [-0.2, 0) is 0 Å². The summed E-state index contributed by atoms with van der Waals surface area (Å²) >= 11 is 0. The second-order valence-corrected chi connectivity index (χ2v) is 4.92. The van der Waals surface area contributed by atoms with E-state index in [2.05, 4.69) is 5.32 Å². The Morgan fingerprint density at radius 3 is 2.84 bits per heavy atom. The van der Waals surface area contributed by atoms with E-state index in [9.17, 15) is 4.79 Å². The molecule has 1 aromatic rings. The number of ether oxygens (including phenoxy) is 2. The maximum absolute atomic E-state index is 12.4. The number of amides is 1. The van der Waals surface area contributed by atoms with Gasteiger partial charge in [0.2, 0.25) is 0 Å². The summed E-state index contributed by atoms with van der Waals surface area (Å²) < 4.78 is 11.0. The van der Waals surface area contributed by atoms with Crippen molar-refractivity contribution < 1.29 is 14.3 Å². The van der Waals surface area contributed by atoms with Gasteiger partial charge in [-0.15, -0.1) is 0 Å². The van der Waals surface area contributed by atoms with E-state index in [1.54, 1.807) is 12.1 Å². The molecule has 0 spiro atoms. The molecule has 2 aliphatic heterocycles. The first kappa shape index (κ1) is 12.3. The van der Waals surface area contributed by atoms with Crippen LogP contribution in [-0.4, -0.2) is 50.2 Å². The summed E-state index contributed by atoms with van der Waals surface area (Å²) in [4.78, 5) is 14.2. The van der Waals surface area contributed by atoms with Gasteiger partial charge in [0.15, 0.2) is 11.5 Å². The summed E-state index contributed by atoms with van der Waals surface area (Å²) in [5.74, 6) is 1.41. The summed E-state index contributed by atoms with van der Waals surface area (Å²) in [6.07, 6.45) is 1.01. The fraction of sp³-hybridized carbons (Fsp3) is 0.500. The van der Waals surface area contributed by atoms with Gasteiger partial charge in [-0.1, -0.05) is 0 Å². The molecule has 0 aliphatic carbocycles. The highest BCUT2D eigenvalue weighted by Gasteiger charge is 2.25. The van der Waals surface area contributed by atoms with Crippen molar-refractivity contribution in [2.45, 2.75) is 12.5 Å². The van der Waals surface area contributed by atoms with Crippen LogP contribution in [0.15, 0.2) is 18.2 Å². The van der Waals surface area contributed by atoms with Gasteiger partial charge >= 0.3 is 0 Å². The molecule has 5 nitrogen and oxygen atoms in total. The molecule has 3 rings (SSSR count). The summed E-state index contributed by atoms with van der Waals surface area (Å²) in [6.45, 7) is 2.94. The van der Waals surface area contributed by atoms with Gasteiger partial charge in [0.1, 0.15) is 13.2 Å². The largest absolute Gasteiger partial charge is 0.486 e. The lowest BCUT2D eigenvalue weighted by Gasteiger charge is -2.25. The van der Waals surface area contributed by atoms with Gasteiger partial charge in [0.05, 0.1) is 0 Å². The summed E-state index contributed by atoms with van der Waals surface area (Å²) in [6, 6.07) is 5.66. The lowest BCUT2D eigenvalue weighted by atomic mass is 10.1. The SMILES string of the molecule is CN(C(=O)c1ccc2c(c1)OCCO2)[C@@H]1CCNC1. The zero-order valence-corrected chi connectivity index (χ0v) is 11.0. The van der Waals surface area contributed by atoms with Crippen LogP contribution in [0.25, 0.3) is 0 Å². The van der Waals surface area contributed by atoms with E-state index >= 15 is 0 Å². The predicted molar refractivity (Wildman–Crippen MR) is 70.8 cm³/mol. The van der Waals surface area contributed by atoms with E-state index in [0.717, 1.165) is 19.5 Å². The molecule has 1 aromatic carbocycles. The average molecular weight is 262 g/mol. The van der Waals surface area contributed by atoms with Crippen LogP contribution in [0.2, 0.25) is 0 Å². The van der Waals surface area contributed by atoms with Crippen LogP contribution in [0.1, 0.15) is 16.8 Å². The monoisotopic (exact) mass is 262 g/mol. The Hall–Kier alpha value is -1.75. The van der Waals surface area contributed by atoms with Crippen molar-refractivity contribution in [3.05, 3.63) is 23.8 Å². The molecule has 0 radical (unpaired) electrons. The van der Waals surface area contributed by atoms with Gasteiger partial charge in [-0.05, 0) is 31.2 Å². The second-order valence-electron chi connectivity index (χ2n) is 4.92. The Labute approximate surface area is 112 Å². The van der Waals surface area contributed by atoms with E-state index < -0.39 is 0 Å². The molecule has 0 saturated carbocycles. The molecule has 1 atom stereocenters. The smallest absolute Gasteiger partial charge is 0.254 e. The summed E-state index contributed by atoms with van der Waals surface area (Å²) in [7, 11) is 1.86. The van der Waals surface area contributed by atoms with Gasteiger partial charge in [0, 0.05) is 25.2 Å². The molecular formula is C14H18N2O3. The van der Waals surface area contributed by atoms with Gasteiger partial charge in [-0.3, -0.25) is 4.79 Å². The molecule has 0 aromatic heterocycles. The van der Waals surface area contributed by atoms with E-state index in [1.807, 2.05) is 18.0 Å². The number of rotatable bonds is 2. The number of fused-ring (bicyclic) bond motifs is 1. The van der Waals surface area contributed by atoms with Gasteiger partial charge in [-0.25, -0.2) is 0 Å². The average Bonchev–Trinajstić information content (AvgIpc) is 2.99. The molecule has 2 heterocycles. The highest BCUT2D eigenvalue weighted by Crippen LogP contribution is 2.31. The Kier molecular flexibility index (Phi) is 3.29. The van der Waals surface area contributed by atoms with Crippen molar-refractivity contribution in [2.24, 2.45) is 0 Å². The van der Waals surface area contributed by atoms with Crippen molar-refractivity contribution in [1.82, 2.24) is 10.2 Å². The third kappa shape index (κ3) is 2.38. The van der Waals surface area contributed by atoms with Crippen LogP contribution < -0.4 is 14.8 Å². The van der Waals surface area contributed by atoms with Gasteiger partial charge < -0.3 is 19.7 Å². The quantitative estimate of drug-likeness (QED) is 0.860. The number of nitrogens with zero attached hydrogens (tertiary/aromatic N) is 1. The first-order valence-corrected chi connectivity index (χ1v) is 6.63. The molecular weight excluding hydrogens is 244 g/mol. The minimum absolute atomic E-state index is 0.0330. The fourth-order valence-corrected chi connectivity index (χ4v) is 2.52. The van der Waals surface area contributed by atoms with Crippen LogP contribution in [0.3, 0.4) is 0 Å². The van der Waals surface area contributed by atoms with Gasteiger partial charge in [-0.2, -0.15) is 0 Å². The molecule has 102 valence electrons. The highest BCUT2D eigenvalue weighted by molar-refractivity contribution is 5.95. The third-order valence-corrected chi connectivity index (χ3v) is 3.69. The summed E-state index contributed by atoms with van der Waals surface area (Å²) in [5.41, 5.74) is 0.652. The first-order chi connectivity index (χ1) is 9.25. The van der Waals surface area contributed by atoms with Crippen molar-refractivity contribution in [3.8, 4) is 11.5 Å². The molecule has 1 saturated heterocycles. The van der Waals surface area contributed by atoms with E-state index in [0.29, 0.717) is 30.3 Å². The van der Waals surface area contributed by atoms with Crippen LogP contribution >= 0.6 is 0 Å². The zero-order valence-electron chi connectivity index (χ0n) is 11.0. The normalized spacial score (nSPS) is 21.2. The minimum Gasteiger partial charge on any atom is -0.486 e. The van der Waals surface area contributed by atoms with Crippen LogP contribution in [0.4, 0.5) is 0 Å². The number of hydrogen-bond acceptors (Lipinski definition) is 4. The minimum atomic E-state index is 0.0330. The Morgan fingerprint density at radius 1 is 1.32 bits per heavy atom. The lowest BCUT2D eigenvalue weighted by Crippen LogP contribution is -2.38. The summed E-state index contributed by atoms with van der Waals surface area (Å²) in [5, 5.41) is 3.27. The van der Waals surface area contributed by atoms with Gasteiger partial charge in [0.25, 0.3) is 5.91 Å². The van der Waals surface area contributed by atoms with Crippen LogP contribution in [0.5, 0.6) is 11.5 Å². The number of carbonyl (C=O) groups excluding carboxylic acids is 1. The number of carbonyl (C=O) groups is 1. The molecule has 1 N–H and O–H groups in total. The highest BCUT2D eigenvalue weighted by atomic mass is 16.6. The maximum atomic E-state index is 12.4. The van der Waals surface area contributed by atoms with Crippen molar-refractivity contribution >= 4 is 5.91 Å². The zero-order chi connectivity index (χ0) is 13.2. The molecule has 2 aliphatic rings. The number of benzene rings is 1. The molecule has 5 heteroatoms. The maximum Gasteiger partial charge on any atom is 0.254 e. The van der Waals surface area contributed by atoms with E-state index in [1.165, 1.54) is 0 Å². The molecule has 0 bridgehead atoms. The van der Waals surface area contributed by atoms with Crippen LogP contribution in [0, 0.1) is 0 Å². The van der Waals surface area contributed by atoms with E-state index in [-0.39, 0.29) is 11.9 Å². The Morgan fingerprint density at radius 2 is 2.11 bits per heavy atom. The first-order valence-electron chi connectivity index (χ1n) is 6.63. The van der Waals surface area contributed by atoms with Crippen molar-refractivity contribution in [3.63, 3.8) is 0 Å². The fourth-order valence-electron chi connectivity index (χ4n) is 2.52. The molecule has 19 heavy (non-hydrogen) atoms. The Bertz CT molecular complexity index is 484. The standard InChI is InChI=1S/C14H18N2O3/c1-16(11-4-5-15-9-11)14(17)10-2-3-12-13(8-10)19-7-6-18-12/h2-3,8,11,15H,4-7,9H2,1H3/t11-/m1/s1. The topological polar surface area (TPSA) is 50.8 Å². The number of nitrogens with one attached hydrogen (secondary N) is 1. The lowest BCUT2D eigenvalue weighted by molar-refractivity contribution is 0.0742. The van der Waals surface area contributed by atoms with E-state index in [4.69, 9.17) is 9.47 Å². The molecule has 1 fully saturated rings. The van der Waals surface area contributed by atoms with Crippen molar-refractivity contribution in [2.75, 3.05) is 33.4 Å². The Balaban J connectivity index is 1.79. The predicted octanol–water partition coefficient (Wildman–Crippen LogP) is 0.892. The number of likely N-dealkylation sites (N-methyl/N-ethyl adjacent to an activating group) is 1. The second kappa shape index (κ2) is 5.09. The molecule has 1 amide bonds. The van der Waals surface area contributed by atoms with Crippen molar-refractivity contribution in [1.29, 1.82) is 0 Å². The molecule has 0 unspecified atom stereocenters.